The smallest absolute Gasteiger partial charge is 0.323 e. The van der Waals surface area contributed by atoms with E-state index in [1.165, 1.54) is 13.8 Å². The molecule has 1 aromatic carbocycles. The minimum absolute atomic E-state index is 0.300. The highest BCUT2D eigenvalue weighted by Crippen LogP contribution is 2.16. The second-order valence-electron chi connectivity index (χ2n) is 4.35. The molecule has 2 rings (SSSR count). The van der Waals surface area contributed by atoms with Crippen molar-refractivity contribution >= 4 is 22.6 Å². The lowest BCUT2D eigenvalue weighted by Crippen LogP contribution is -2.36. The fourth-order valence-corrected chi connectivity index (χ4v) is 1.39. The van der Waals surface area contributed by atoms with Crippen molar-refractivity contribution in [2.75, 3.05) is 5.32 Å². The van der Waals surface area contributed by atoms with E-state index in [0.29, 0.717) is 16.7 Å². The van der Waals surface area contributed by atoms with Gasteiger partial charge in [0.2, 0.25) is 0 Å². The molecular formula is C11H13N3O3. The maximum atomic E-state index is 11.5. The SMILES string of the molecule is CC(C)(O)C(=O)Nc1ccc2[nH]c(=O)[nH]c2c1. The Balaban J connectivity index is 2.31. The van der Waals surface area contributed by atoms with Crippen LogP contribution in [0.1, 0.15) is 13.8 Å². The molecule has 0 unspecified atom stereocenters. The monoisotopic (exact) mass is 235 g/mol. The number of hydrogen-bond acceptors (Lipinski definition) is 3. The Morgan fingerprint density at radius 3 is 2.59 bits per heavy atom. The number of carbonyl (C=O) groups is 1. The van der Waals surface area contributed by atoms with Gasteiger partial charge in [0, 0.05) is 5.69 Å². The van der Waals surface area contributed by atoms with Gasteiger partial charge in [-0.05, 0) is 32.0 Å². The largest absolute Gasteiger partial charge is 0.381 e. The van der Waals surface area contributed by atoms with Gasteiger partial charge in [0.1, 0.15) is 5.60 Å². The summed E-state index contributed by atoms with van der Waals surface area (Å²) in [7, 11) is 0. The Bertz CT molecular complexity index is 619. The number of benzene rings is 1. The van der Waals surface area contributed by atoms with Crippen molar-refractivity contribution in [2.45, 2.75) is 19.4 Å². The number of imidazole rings is 1. The summed E-state index contributed by atoms with van der Waals surface area (Å²) in [6.45, 7) is 2.80. The zero-order chi connectivity index (χ0) is 12.6. The first-order valence-corrected chi connectivity index (χ1v) is 5.12. The van der Waals surface area contributed by atoms with E-state index in [1.54, 1.807) is 18.2 Å². The number of carbonyl (C=O) groups excluding carboxylic acids is 1. The summed E-state index contributed by atoms with van der Waals surface area (Å²) in [4.78, 5) is 27.8. The number of hydrogen-bond donors (Lipinski definition) is 4. The number of anilines is 1. The van der Waals surface area contributed by atoms with Crippen molar-refractivity contribution in [2.24, 2.45) is 0 Å². The first kappa shape index (κ1) is 11.4. The molecule has 0 aliphatic carbocycles. The van der Waals surface area contributed by atoms with Crippen molar-refractivity contribution in [1.29, 1.82) is 0 Å². The van der Waals surface area contributed by atoms with Crippen LogP contribution in [0, 0.1) is 0 Å². The normalized spacial score (nSPS) is 11.7. The maximum absolute atomic E-state index is 11.5. The summed E-state index contributed by atoms with van der Waals surface area (Å²) in [5.74, 6) is -0.505. The number of aromatic nitrogens is 2. The Hall–Kier alpha value is -2.08. The van der Waals surface area contributed by atoms with Gasteiger partial charge in [-0.25, -0.2) is 4.79 Å². The molecule has 0 radical (unpaired) electrons. The summed E-state index contributed by atoms with van der Waals surface area (Å²) >= 11 is 0. The van der Waals surface area contributed by atoms with Crippen LogP contribution in [0.2, 0.25) is 0 Å². The molecule has 0 spiro atoms. The molecule has 1 aromatic heterocycles. The van der Waals surface area contributed by atoms with Crippen LogP contribution in [0.3, 0.4) is 0 Å². The Kier molecular flexibility index (Phi) is 2.51. The zero-order valence-electron chi connectivity index (χ0n) is 9.50. The van der Waals surface area contributed by atoms with Crippen molar-refractivity contribution in [3.05, 3.63) is 28.7 Å². The van der Waals surface area contributed by atoms with Crippen LogP contribution in [-0.2, 0) is 4.79 Å². The predicted octanol–water partition coefficient (Wildman–Crippen LogP) is 0.566. The van der Waals surface area contributed by atoms with E-state index in [-0.39, 0.29) is 5.69 Å². The predicted molar refractivity (Wildman–Crippen MR) is 63.8 cm³/mol. The van der Waals surface area contributed by atoms with E-state index < -0.39 is 11.5 Å². The molecule has 4 N–H and O–H groups in total. The van der Waals surface area contributed by atoms with Crippen LogP contribution in [0.15, 0.2) is 23.0 Å². The van der Waals surface area contributed by atoms with Gasteiger partial charge < -0.3 is 20.4 Å². The standard InChI is InChI=1S/C11H13N3O3/c1-11(2,17)9(15)12-6-3-4-7-8(5-6)14-10(16)13-7/h3-5,17H,1-2H3,(H,12,15)(H2,13,14,16). The highest BCUT2D eigenvalue weighted by atomic mass is 16.3. The summed E-state index contributed by atoms with van der Waals surface area (Å²) in [5.41, 5.74) is 0.0335. The third-order valence-corrected chi connectivity index (χ3v) is 2.33. The number of nitrogens with one attached hydrogen (secondary N) is 3. The summed E-state index contributed by atoms with van der Waals surface area (Å²) in [6, 6.07) is 4.94. The molecule has 1 amide bonds. The second kappa shape index (κ2) is 3.74. The minimum Gasteiger partial charge on any atom is -0.381 e. The summed E-state index contributed by atoms with van der Waals surface area (Å²) < 4.78 is 0. The van der Waals surface area contributed by atoms with Gasteiger partial charge in [0.05, 0.1) is 11.0 Å². The molecule has 0 atom stereocenters. The number of fused-ring (bicyclic) bond motifs is 1. The topological polar surface area (TPSA) is 98.0 Å². The van der Waals surface area contributed by atoms with E-state index in [9.17, 15) is 14.7 Å². The lowest BCUT2D eigenvalue weighted by molar-refractivity contribution is -0.130. The number of H-pyrrole nitrogens is 2. The Morgan fingerprint density at radius 1 is 1.29 bits per heavy atom. The number of aromatic amines is 2. The highest BCUT2D eigenvalue weighted by molar-refractivity contribution is 5.97. The number of aliphatic hydroxyl groups is 1. The first-order chi connectivity index (χ1) is 7.86. The van der Waals surface area contributed by atoms with Crippen LogP contribution in [-0.4, -0.2) is 26.6 Å². The van der Waals surface area contributed by atoms with Crippen LogP contribution in [0.4, 0.5) is 5.69 Å². The van der Waals surface area contributed by atoms with Crippen molar-refractivity contribution in [3.63, 3.8) is 0 Å². The van der Waals surface area contributed by atoms with E-state index in [1.807, 2.05) is 0 Å². The average molecular weight is 235 g/mol. The lowest BCUT2D eigenvalue weighted by atomic mass is 10.1. The van der Waals surface area contributed by atoms with Gasteiger partial charge in [0.25, 0.3) is 5.91 Å². The van der Waals surface area contributed by atoms with Crippen LogP contribution in [0.5, 0.6) is 0 Å². The molecule has 0 fully saturated rings. The van der Waals surface area contributed by atoms with Gasteiger partial charge in [-0.3, -0.25) is 4.79 Å². The molecule has 17 heavy (non-hydrogen) atoms. The second-order valence-corrected chi connectivity index (χ2v) is 4.35. The molecule has 2 aromatic rings. The molecule has 0 aliphatic heterocycles. The summed E-state index contributed by atoms with van der Waals surface area (Å²) in [5, 5.41) is 12.0. The van der Waals surface area contributed by atoms with Crippen LogP contribution in [0.25, 0.3) is 11.0 Å². The Morgan fingerprint density at radius 2 is 1.94 bits per heavy atom. The third-order valence-electron chi connectivity index (χ3n) is 2.33. The van der Waals surface area contributed by atoms with Gasteiger partial charge in [-0.1, -0.05) is 0 Å². The minimum atomic E-state index is -1.44. The van der Waals surface area contributed by atoms with E-state index >= 15 is 0 Å². The van der Waals surface area contributed by atoms with E-state index in [4.69, 9.17) is 0 Å². The molecule has 0 aliphatic rings. The van der Waals surface area contributed by atoms with Crippen LogP contribution >= 0.6 is 0 Å². The summed E-state index contributed by atoms with van der Waals surface area (Å²) in [6.07, 6.45) is 0. The van der Waals surface area contributed by atoms with Gasteiger partial charge in [0.15, 0.2) is 0 Å². The first-order valence-electron chi connectivity index (χ1n) is 5.12. The highest BCUT2D eigenvalue weighted by Gasteiger charge is 2.23. The van der Waals surface area contributed by atoms with Crippen molar-refractivity contribution in [1.82, 2.24) is 9.97 Å². The van der Waals surface area contributed by atoms with Gasteiger partial charge in [-0.2, -0.15) is 0 Å². The molecular weight excluding hydrogens is 222 g/mol. The van der Waals surface area contributed by atoms with Gasteiger partial charge >= 0.3 is 5.69 Å². The van der Waals surface area contributed by atoms with Crippen molar-refractivity contribution < 1.29 is 9.90 Å². The molecule has 6 heteroatoms. The molecule has 6 nitrogen and oxygen atoms in total. The van der Waals surface area contributed by atoms with Gasteiger partial charge in [-0.15, -0.1) is 0 Å². The molecule has 90 valence electrons. The average Bonchev–Trinajstić information content (AvgIpc) is 2.55. The molecule has 0 saturated carbocycles. The van der Waals surface area contributed by atoms with Crippen LogP contribution < -0.4 is 11.0 Å². The zero-order valence-corrected chi connectivity index (χ0v) is 9.50. The maximum Gasteiger partial charge on any atom is 0.323 e. The lowest BCUT2D eigenvalue weighted by Gasteiger charge is -2.16. The fourth-order valence-electron chi connectivity index (χ4n) is 1.39. The van der Waals surface area contributed by atoms with E-state index in [0.717, 1.165) is 0 Å². The fraction of sp³-hybridized carbons (Fsp3) is 0.273. The third kappa shape index (κ3) is 2.36. The van der Waals surface area contributed by atoms with E-state index in [2.05, 4.69) is 15.3 Å². The molecule has 1 heterocycles. The molecule has 0 saturated heterocycles. The quantitative estimate of drug-likeness (QED) is 0.612. The molecule has 0 bridgehead atoms. The Labute approximate surface area is 96.7 Å². The number of amides is 1. The number of rotatable bonds is 2. The van der Waals surface area contributed by atoms with Crippen molar-refractivity contribution in [3.8, 4) is 0 Å².